The van der Waals surface area contributed by atoms with E-state index in [4.69, 9.17) is 10.5 Å². The second-order valence-electron chi connectivity index (χ2n) is 5.03. The molecule has 1 aliphatic rings. The minimum absolute atomic E-state index is 0. The fourth-order valence-corrected chi connectivity index (χ4v) is 3.21. The van der Waals surface area contributed by atoms with Gasteiger partial charge >= 0.3 is 0 Å². The molecule has 1 aromatic heterocycles. The van der Waals surface area contributed by atoms with Gasteiger partial charge in [0.05, 0.1) is 13.2 Å². The molecule has 2 N–H and O–H groups in total. The highest BCUT2D eigenvalue weighted by Crippen LogP contribution is 2.26. The topological polar surface area (TPSA) is 55.6 Å². The first-order chi connectivity index (χ1) is 10.3. The van der Waals surface area contributed by atoms with Gasteiger partial charge in [-0.05, 0) is 29.1 Å². The van der Waals surface area contributed by atoms with E-state index < -0.39 is 0 Å². The Kier molecular flexibility index (Phi) is 5.97. The molecule has 1 saturated heterocycles. The molecule has 1 unspecified atom stereocenters. The van der Waals surface area contributed by atoms with Crippen LogP contribution in [-0.2, 0) is 11.3 Å². The first-order valence-corrected chi connectivity index (χ1v) is 7.89. The van der Waals surface area contributed by atoms with E-state index in [1.807, 2.05) is 40.6 Å². The van der Waals surface area contributed by atoms with Gasteiger partial charge in [-0.15, -0.1) is 23.7 Å². The Labute approximate surface area is 140 Å². The van der Waals surface area contributed by atoms with Crippen LogP contribution in [0.3, 0.4) is 0 Å². The van der Waals surface area contributed by atoms with Crippen LogP contribution in [0.1, 0.15) is 26.9 Å². The maximum Gasteiger partial charge on any atom is 0.254 e. The molecule has 1 aromatic carbocycles. The number of hydrogen-bond acceptors (Lipinski definition) is 4. The van der Waals surface area contributed by atoms with Crippen molar-refractivity contribution in [2.75, 3.05) is 19.7 Å². The van der Waals surface area contributed by atoms with Crippen molar-refractivity contribution in [3.8, 4) is 0 Å². The van der Waals surface area contributed by atoms with E-state index in [9.17, 15) is 4.79 Å². The van der Waals surface area contributed by atoms with E-state index in [1.165, 1.54) is 4.88 Å². The van der Waals surface area contributed by atoms with E-state index >= 15 is 0 Å². The number of benzene rings is 1. The minimum Gasteiger partial charge on any atom is -0.369 e. The largest absolute Gasteiger partial charge is 0.369 e. The van der Waals surface area contributed by atoms with Crippen LogP contribution < -0.4 is 5.73 Å². The normalized spacial score (nSPS) is 17.9. The lowest BCUT2D eigenvalue weighted by atomic mass is 10.1. The molecule has 0 bridgehead atoms. The number of ether oxygens (including phenoxy) is 1. The number of morpholine rings is 1. The molecule has 1 fully saturated rings. The van der Waals surface area contributed by atoms with Crippen LogP contribution in [-0.4, -0.2) is 30.5 Å². The predicted octanol–water partition coefficient (Wildman–Crippen LogP) is 2.84. The maximum atomic E-state index is 12.6. The Morgan fingerprint density at radius 3 is 2.73 bits per heavy atom. The summed E-state index contributed by atoms with van der Waals surface area (Å²) in [6.07, 6.45) is -0.00832. The summed E-state index contributed by atoms with van der Waals surface area (Å²) < 4.78 is 5.78. The zero-order chi connectivity index (χ0) is 14.7. The second kappa shape index (κ2) is 7.74. The number of carbonyl (C=O) groups is 1. The van der Waals surface area contributed by atoms with Gasteiger partial charge in [0.1, 0.15) is 6.10 Å². The van der Waals surface area contributed by atoms with Gasteiger partial charge in [-0.1, -0.05) is 18.2 Å². The molecule has 2 heterocycles. The minimum atomic E-state index is -0.00832. The van der Waals surface area contributed by atoms with E-state index in [0.29, 0.717) is 31.8 Å². The number of halogens is 1. The first-order valence-electron chi connectivity index (χ1n) is 7.01. The Morgan fingerprint density at radius 2 is 2.09 bits per heavy atom. The molecule has 4 nitrogen and oxygen atoms in total. The number of hydrogen-bond donors (Lipinski definition) is 1. The SMILES string of the molecule is Cl.NCc1ccc(C(=O)N2CCOC(c3cccs3)C2)cc1. The predicted molar refractivity (Wildman–Crippen MR) is 90.5 cm³/mol. The Balaban J connectivity index is 0.00000176. The summed E-state index contributed by atoms with van der Waals surface area (Å²) >= 11 is 1.67. The Bertz CT molecular complexity index is 601. The summed E-state index contributed by atoms with van der Waals surface area (Å²) in [6, 6.07) is 11.6. The summed E-state index contributed by atoms with van der Waals surface area (Å²) in [5.41, 5.74) is 7.32. The van der Waals surface area contributed by atoms with Gasteiger partial charge in [0.25, 0.3) is 5.91 Å². The van der Waals surface area contributed by atoms with Crippen LogP contribution >= 0.6 is 23.7 Å². The molecular formula is C16H19ClN2O2S. The first kappa shape index (κ1) is 17.0. The zero-order valence-electron chi connectivity index (χ0n) is 12.1. The van der Waals surface area contributed by atoms with E-state index in [0.717, 1.165) is 5.56 Å². The summed E-state index contributed by atoms with van der Waals surface area (Å²) in [5, 5.41) is 2.03. The summed E-state index contributed by atoms with van der Waals surface area (Å²) in [4.78, 5) is 15.6. The zero-order valence-corrected chi connectivity index (χ0v) is 13.7. The van der Waals surface area contributed by atoms with Crippen LogP contribution in [0.2, 0.25) is 0 Å². The molecule has 0 aliphatic carbocycles. The van der Waals surface area contributed by atoms with Gasteiger partial charge in [-0.2, -0.15) is 0 Å². The van der Waals surface area contributed by atoms with Gasteiger partial charge in [0, 0.05) is 23.5 Å². The van der Waals surface area contributed by atoms with Crippen molar-refractivity contribution < 1.29 is 9.53 Å². The van der Waals surface area contributed by atoms with Crippen molar-refractivity contribution in [3.05, 3.63) is 57.8 Å². The number of nitrogens with zero attached hydrogens (tertiary/aromatic N) is 1. The molecule has 22 heavy (non-hydrogen) atoms. The average Bonchev–Trinajstić information content (AvgIpc) is 3.09. The van der Waals surface area contributed by atoms with Crippen molar-refractivity contribution in [2.45, 2.75) is 12.6 Å². The van der Waals surface area contributed by atoms with Crippen LogP contribution in [0.4, 0.5) is 0 Å². The lowest BCUT2D eigenvalue weighted by Gasteiger charge is -2.32. The van der Waals surface area contributed by atoms with Crippen molar-refractivity contribution in [1.82, 2.24) is 4.90 Å². The smallest absolute Gasteiger partial charge is 0.254 e. The van der Waals surface area contributed by atoms with Gasteiger partial charge in [-0.3, -0.25) is 4.79 Å². The van der Waals surface area contributed by atoms with Gasteiger partial charge in [0.15, 0.2) is 0 Å². The fourth-order valence-electron chi connectivity index (χ4n) is 2.45. The highest BCUT2D eigenvalue weighted by Gasteiger charge is 2.26. The fraction of sp³-hybridized carbons (Fsp3) is 0.312. The third-order valence-corrected chi connectivity index (χ3v) is 4.62. The standard InChI is InChI=1S/C16H18N2O2S.ClH/c17-10-12-3-5-13(6-4-12)16(19)18-7-8-20-14(11-18)15-2-1-9-21-15;/h1-6,9,14H,7-8,10-11,17H2;1H. The number of thiophene rings is 1. The molecule has 118 valence electrons. The molecule has 2 aromatic rings. The molecule has 1 atom stereocenters. The monoisotopic (exact) mass is 338 g/mol. The van der Waals surface area contributed by atoms with Gasteiger partial charge in [0.2, 0.25) is 0 Å². The molecular weight excluding hydrogens is 320 g/mol. The average molecular weight is 339 g/mol. The van der Waals surface area contributed by atoms with Crippen molar-refractivity contribution >= 4 is 29.7 Å². The molecule has 0 radical (unpaired) electrons. The molecule has 0 spiro atoms. The highest BCUT2D eigenvalue weighted by molar-refractivity contribution is 7.10. The number of amides is 1. The molecule has 1 aliphatic heterocycles. The second-order valence-corrected chi connectivity index (χ2v) is 6.01. The van der Waals surface area contributed by atoms with Gasteiger partial charge in [-0.25, -0.2) is 0 Å². The molecule has 0 saturated carbocycles. The number of nitrogens with two attached hydrogens (primary N) is 1. The number of rotatable bonds is 3. The maximum absolute atomic E-state index is 12.6. The van der Waals surface area contributed by atoms with Gasteiger partial charge < -0.3 is 15.4 Å². The Morgan fingerprint density at radius 1 is 1.32 bits per heavy atom. The lowest BCUT2D eigenvalue weighted by molar-refractivity contribution is -0.0211. The van der Waals surface area contributed by atoms with Crippen LogP contribution in [0.5, 0.6) is 0 Å². The highest BCUT2D eigenvalue weighted by atomic mass is 35.5. The molecule has 1 amide bonds. The van der Waals surface area contributed by atoms with Crippen LogP contribution in [0, 0.1) is 0 Å². The third kappa shape index (κ3) is 3.67. The van der Waals surface area contributed by atoms with Crippen LogP contribution in [0.15, 0.2) is 41.8 Å². The molecule has 3 rings (SSSR count). The van der Waals surface area contributed by atoms with E-state index in [2.05, 4.69) is 6.07 Å². The quantitative estimate of drug-likeness (QED) is 0.936. The van der Waals surface area contributed by atoms with Crippen molar-refractivity contribution in [2.24, 2.45) is 5.73 Å². The van der Waals surface area contributed by atoms with Crippen LogP contribution in [0.25, 0.3) is 0 Å². The van der Waals surface area contributed by atoms with Crippen molar-refractivity contribution in [1.29, 1.82) is 0 Å². The number of carbonyl (C=O) groups excluding carboxylic acids is 1. The summed E-state index contributed by atoms with van der Waals surface area (Å²) in [7, 11) is 0. The lowest BCUT2D eigenvalue weighted by Crippen LogP contribution is -2.42. The van der Waals surface area contributed by atoms with Crippen molar-refractivity contribution in [3.63, 3.8) is 0 Å². The third-order valence-electron chi connectivity index (χ3n) is 3.65. The Hall–Kier alpha value is -1.40. The van der Waals surface area contributed by atoms with E-state index in [-0.39, 0.29) is 24.4 Å². The molecule has 6 heteroatoms. The summed E-state index contributed by atoms with van der Waals surface area (Å²) in [5.74, 6) is 0.0587. The summed E-state index contributed by atoms with van der Waals surface area (Å²) in [6.45, 7) is 2.32. The van der Waals surface area contributed by atoms with E-state index in [1.54, 1.807) is 11.3 Å².